The van der Waals surface area contributed by atoms with E-state index in [-0.39, 0.29) is 23.7 Å². The van der Waals surface area contributed by atoms with Crippen LogP contribution in [0.15, 0.2) is 66.7 Å². The Bertz CT molecular complexity index is 1020. The zero-order chi connectivity index (χ0) is 17.9. The summed E-state index contributed by atoms with van der Waals surface area (Å²) in [7, 11) is 0. The average molecular weight is 342 g/mol. The molecule has 130 valence electrons. The highest BCUT2D eigenvalue weighted by Crippen LogP contribution is 2.58. The van der Waals surface area contributed by atoms with Gasteiger partial charge in [-0.1, -0.05) is 66.7 Å². The first-order valence-electron chi connectivity index (χ1n) is 9.35. The first-order valence-corrected chi connectivity index (χ1v) is 9.35. The molecule has 1 fully saturated rings. The molecule has 1 aliphatic heterocycles. The van der Waals surface area contributed by atoms with Gasteiger partial charge in [-0.25, -0.2) is 0 Å². The van der Waals surface area contributed by atoms with E-state index in [0.717, 1.165) is 12.0 Å². The lowest BCUT2D eigenvalue weighted by atomic mass is 9.69. The van der Waals surface area contributed by atoms with Gasteiger partial charge >= 0.3 is 0 Å². The average Bonchev–Trinajstić information content (AvgIpc) is 2.95. The van der Waals surface area contributed by atoms with Crippen LogP contribution in [0.4, 0.5) is 0 Å². The number of rotatable bonds is 2. The second-order valence-corrected chi connectivity index (χ2v) is 7.80. The van der Waals surface area contributed by atoms with Crippen LogP contribution in [0.2, 0.25) is 0 Å². The summed E-state index contributed by atoms with van der Waals surface area (Å²) >= 11 is 0. The Morgan fingerprint density at radius 2 is 1.65 bits per heavy atom. The van der Waals surface area contributed by atoms with Crippen molar-refractivity contribution >= 4 is 16.6 Å². The van der Waals surface area contributed by atoms with E-state index in [4.69, 9.17) is 4.74 Å². The first kappa shape index (κ1) is 15.8. The highest BCUT2D eigenvalue weighted by Gasteiger charge is 2.54. The number of hydrogen-bond acceptors (Lipinski definition) is 2. The first-order chi connectivity index (χ1) is 12.6. The van der Waals surface area contributed by atoms with Gasteiger partial charge in [-0.05, 0) is 47.7 Å². The summed E-state index contributed by atoms with van der Waals surface area (Å²) in [4.78, 5) is 12.4. The van der Waals surface area contributed by atoms with Crippen molar-refractivity contribution in [3.05, 3.63) is 83.4 Å². The van der Waals surface area contributed by atoms with Gasteiger partial charge in [0.2, 0.25) is 0 Å². The molecule has 26 heavy (non-hydrogen) atoms. The van der Waals surface area contributed by atoms with Crippen molar-refractivity contribution in [1.82, 2.24) is 0 Å². The largest absolute Gasteiger partial charge is 0.366 e. The number of hydrogen-bond donors (Lipinski definition) is 0. The molecule has 1 heterocycles. The van der Waals surface area contributed by atoms with Gasteiger partial charge in [-0.2, -0.15) is 0 Å². The number of carbonyl (C=O) groups is 1. The molecule has 0 spiro atoms. The summed E-state index contributed by atoms with van der Waals surface area (Å²) in [5.41, 5.74) is 3.23. The third-order valence-electron chi connectivity index (χ3n) is 6.37. The van der Waals surface area contributed by atoms with Gasteiger partial charge in [0.15, 0.2) is 0 Å². The minimum absolute atomic E-state index is 0.0450. The fraction of sp³-hybridized carbons (Fsp3) is 0.292. The lowest BCUT2D eigenvalue weighted by Crippen LogP contribution is -2.27. The van der Waals surface area contributed by atoms with Gasteiger partial charge in [0.1, 0.15) is 5.78 Å². The second kappa shape index (κ2) is 5.52. The summed E-state index contributed by atoms with van der Waals surface area (Å²) in [6.45, 7) is 3.90. The van der Waals surface area contributed by atoms with Crippen molar-refractivity contribution < 1.29 is 9.53 Å². The predicted octanol–water partition coefficient (Wildman–Crippen LogP) is 5.31. The van der Waals surface area contributed by atoms with Gasteiger partial charge in [-0.3, -0.25) is 4.79 Å². The minimum atomic E-state index is -0.425. The fourth-order valence-corrected chi connectivity index (χ4v) is 5.23. The molecule has 3 aromatic rings. The van der Waals surface area contributed by atoms with Crippen molar-refractivity contribution in [2.75, 3.05) is 0 Å². The van der Waals surface area contributed by atoms with E-state index >= 15 is 0 Å². The van der Waals surface area contributed by atoms with Crippen LogP contribution in [0, 0.1) is 0 Å². The highest BCUT2D eigenvalue weighted by molar-refractivity contribution is 5.88. The Hall–Kier alpha value is -2.45. The molecule has 5 rings (SSSR count). The summed E-state index contributed by atoms with van der Waals surface area (Å²) in [5, 5.41) is 2.47. The molecule has 0 N–H and O–H groups in total. The molecule has 3 aromatic carbocycles. The quantitative estimate of drug-likeness (QED) is 0.630. The maximum absolute atomic E-state index is 12.4. The van der Waals surface area contributed by atoms with Crippen LogP contribution in [-0.4, -0.2) is 11.9 Å². The van der Waals surface area contributed by atoms with Crippen LogP contribution in [-0.2, 0) is 15.1 Å². The van der Waals surface area contributed by atoms with Crippen LogP contribution in [0.25, 0.3) is 10.8 Å². The molecule has 2 heteroatoms. The molecule has 0 saturated carbocycles. The third kappa shape index (κ3) is 2.05. The lowest BCUT2D eigenvalue weighted by Gasteiger charge is -2.33. The van der Waals surface area contributed by atoms with Crippen molar-refractivity contribution in [2.45, 2.75) is 43.8 Å². The van der Waals surface area contributed by atoms with Gasteiger partial charge in [-0.15, -0.1) is 0 Å². The van der Waals surface area contributed by atoms with Gasteiger partial charge in [0, 0.05) is 5.92 Å². The van der Waals surface area contributed by atoms with Crippen molar-refractivity contribution in [3.8, 4) is 0 Å². The minimum Gasteiger partial charge on any atom is -0.366 e. The fourth-order valence-electron chi connectivity index (χ4n) is 5.23. The summed E-state index contributed by atoms with van der Waals surface area (Å²) < 4.78 is 6.70. The van der Waals surface area contributed by atoms with Crippen LogP contribution in [0.1, 0.15) is 48.8 Å². The zero-order valence-corrected chi connectivity index (χ0v) is 15.1. The summed E-state index contributed by atoms with van der Waals surface area (Å²) in [6.07, 6.45) is 0.859. The lowest BCUT2D eigenvalue weighted by molar-refractivity contribution is -0.123. The van der Waals surface area contributed by atoms with E-state index in [1.807, 2.05) is 6.07 Å². The van der Waals surface area contributed by atoms with E-state index in [9.17, 15) is 4.79 Å². The topological polar surface area (TPSA) is 26.3 Å². The second-order valence-electron chi connectivity index (χ2n) is 7.80. The molecule has 2 aliphatic rings. The molecule has 1 saturated heterocycles. The Labute approximate surface area is 153 Å². The summed E-state index contributed by atoms with van der Waals surface area (Å²) in [6, 6.07) is 23.3. The molecule has 0 aromatic heterocycles. The SMILES string of the molecule is CC(=O)C1c2ccccc2C2CC1OC2(C)c1cccc2ccccc12. The van der Waals surface area contributed by atoms with Crippen LogP contribution in [0.5, 0.6) is 0 Å². The van der Waals surface area contributed by atoms with Crippen molar-refractivity contribution in [3.63, 3.8) is 0 Å². The summed E-state index contributed by atoms with van der Waals surface area (Å²) in [5.74, 6) is 0.312. The molecule has 0 amide bonds. The van der Waals surface area contributed by atoms with E-state index in [1.54, 1.807) is 6.92 Å². The molecule has 4 atom stereocenters. The standard InChI is InChI=1S/C24H22O2/c1-15(25)23-19-12-6-5-11-18(19)21-14-22(23)26-24(21,2)20-13-7-9-16-8-3-4-10-17(16)20/h3-13,21-23H,14H2,1-2H3. The van der Waals surface area contributed by atoms with Crippen LogP contribution in [0.3, 0.4) is 0 Å². The third-order valence-corrected chi connectivity index (χ3v) is 6.37. The van der Waals surface area contributed by atoms with E-state index in [0.29, 0.717) is 0 Å². The maximum atomic E-state index is 12.4. The van der Waals surface area contributed by atoms with E-state index < -0.39 is 5.60 Å². The number of benzene rings is 3. The molecular weight excluding hydrogens is 320 g/mol. The van der Waals surface area contributed by atoms with Gasteiger partial charge in [0.05, 0.1) is 17.6 Å². The van der Waals surface area contributed by atoms with Crippen LogP contribution < -0.4 is 0 Å². The van der Waals surface area contributed by atoms with Crippen molar-refractivity contribution in [2.24, 2.45) is 0 Å². The number of carbonyl (C=O) groups excluding carboxylic acids is 1. The van der Waals surface area contributed by atoms with Gasteiger partial charge in [0.25, 0.3) is 0 Å². The zero-order valence-electron chi connectivity index (χ0n) is 15.1. The normalized spacial score (nSPS) is 29.5. The number of Topliss-reactive ketones (excluding diaryl/α,β-unsaturated/α-hetero) is 1. The number of ketones is 1. The van der Waals surface area contributed by atoms with Gasteiger partial charge < -0.3 is 4.74 Å². The molecule has 2 nitrogen and oxygen atoms in total. The Balaban J connectivity index is 1.74. The molecule has 1 aliphatic carbocycles. The smallest absolute Gasteiger partial charge is 0.139 e. The Kier molecular flexibility index (Phi) is 3.35. The molecule has 0 radical (unpaired) electrons. The number of fused-ring (bicyclic) bond motifs is 5. The number of ether oxygens (including phenoxy) is 1. The van der Waals surface area contributed by atoms with E-state index in [1.165, 1.54) is 21.9 Å². The van der Waals surface area contributed by atoms with Crippen molar-refractivity contribution in [1.29, 1.82) is 0 Å². The Morgan fingerprint density at radius 3 is 2.46 bits per heavy atom. The predicted molar refractivity (Wildman–Crippen MR) is 103 cm³/mol. The maximum Gasteiger partial charge on any atom is 0.139 e. The monoisotopic (exact) mass is 342 g/mol. The molecular formula is C24H22O2. The van der Waals surface area contributed by atoms with Crippen LogP contribution >= 0.6 is 0 Å². The highest BCUT2D eigenvalue weighted by atomic mass is 16.5. The molecule has 2 bridgehead atoms. The molecule has 4 unspecified atom stereocenters. The Morgan fingerprint density at radius 1 is 0.962 bits per heavy atom. The van der Waals surface area contributed by atoms with E-state index in [2.05, 4.69) is 67.6 Å².